The van der Waals surface area contributed by atoms with Gasteiger partial charge in [-0.2, -0.15) is 0 Å². The van der Waals surface area contributed by atoms with Crippen LogP contribution in [0.25, 0.3) is 0 Å². The largest absolute Gasteiger partial charge is 3.00 e. The van der Waals surface area contributed by atoms with E-state index in [4.69, 9.17) is 0 Å². The summed E-state index contributed by atoms with van der Waals surface area (Å²) in [7, 11) is 8.66. The van der Waals surface area contributed by atoms with Gasteiger partial charge in [0, 0.05) is 0 Å². The normalized spacial score (nSPS) is 19.2. The van der Waals surface area contributed by atoms with Crippen molar-refractivity contribution in [1.29, 1.82) is 0 Å². The van der Waals surface area contributed by atoms with Gasteiger partial charge < -0.3 is 9.80 Å². The molecule has 0 unspecified atom stereocenters. The molecule has 0 aliphatic heterocycles. The number of benzene rings is 2. The van der Waals surface area contributed by atoms with E-state index < -0.39 is 6.15 Å². The van der Waals surface area contributed by atoms with Crippen molar-refractivity contribution in [3.05, 3.63) is 85.0 Å². The molecule has 0 amide bonds. The average molecular weight is 476 g/mol. The van der Waals surface area contributed by atoms with Gasteiger partial charge in [0.05, 0.1) is 6.15 Å². The van der Waals surface area contributed by atoms with Crippen molar-refractivity contribution >= 4 is 17.1 Å². The van der Waals surface area contributed by atoms with Crippen LogP contribution >= 0.6 is 0 Å². The molecule has 0 spiro atoms. The fraction of sp³-hybridized carbons (Fsp3) is 0.360. The molecule has 4 heteroatoms. The van der Waals surface area contributed by atoms with Crippen molar-refractivity contribution < 1.29 is 19.5 Å². The Labute approximate surface area is 190 Å². The molecule has 0 saturated heterocycles. The van der Waals surface area contributed by atoms with Crippen LogP contribution in [0, 0.1) is 11.8 Å². The summed E-state index contributed by atoms with van der Waals surface area (Å²) in [6.45, 7) is 0. The van der Waals surface area contributed by atoms with Gasteiger partial charge in [0.15, 0.2) is 0 Å². The Kier molecular flexibility index (Phi) is 9.08. The number of nitrogens with zero attached hydrogens (tertiary/aromatic N) is 2. The minimum absolute atomic E-state index is 0. The molecule has 4 rings (SSSR count). The molecule has 0 N–H and O–H groups in total. The zero-order valence-corrected chi connectivity index (χ0v) is 19.8. The van der Waals surface area contributed by atoms with E-state index in [0.717, 1.165) is 24.7 Å². The summed E-state index contributed by atoms with van der Waals surface area (Å²) in [5.74, 6) is 1.62. The molecule has 2 bridgehead atoms. The van der Waals surface area contributed by atoms with E-state index in [1.807, 2.05) is 0 Å². The molecule has 0 radical (unpaired) electrons. The summed E-state index contributed by atoms with van der Waals surface area (Å²) in [5.41, 5.74) is 2.87. The maximum absolute atomic E-state index is 2.31. The van der Waals surface area contributed by atoms with Gasteiger partial charge in [-0.1, -0.05) is 85.0 Å². The Balaban J connectivity index is 0.000000311. The molecule has 0 aromatic heterocycles. The van der Waals surface area contributed by atoms with Crippen molar-refractivity contribution in [2.75, 3.05) is 41.1 Å². The molecule has 0 heterocycles. The summed E-state index contributed by atoms with van der Waals surface area (Å²) in [6.07, 6.45) is 11.8. The first-order chi connectivity index (χ1) is 13.5. The van der Waals surface area contributed by atoms with Crippen LogP contribution in [-0.2, 0) is 19.5 Å². The fourth-order valence-corrected chi connectivity index (χ4v) is 4.89. The number of allylic oxidation sites excluding steroid dienone is 4. The molecule has 29 heavy (non-hydrogen) atoms. The van der Waals surface area contributed by atoms with Gasteiger partial charge in [0.25, 0.3) is 0 Å². The predicted octanol–water partition coefficient (Wildman–Crippen LogP) is 3.20. The van der Waals surface area contributed by atoms with Crippen molar-refractivity contribution in [3.63, 3.8) is 0 Å². The Morgan fingerprint density at radius 3 is 1.24 bits per heavy atom. The second-order valence-electron chi connectivity index (χ2n) is 8.93. The Morgan fingerprint density at radius 1 is 0.655 bits per heavy atom. The van der Waals surface area contributed by atoms with Gasteiger partial charge >= 0.3 is 19.5 Å². The van der Waals surface area contributed by atoms with Crippen molar-refractivity contribution in [2.45, 2.75) is 6.42 Å². The first kappa shape index (κ1) is 23.8. The number of hydrogen-bond donors (Lipinski definition) is 0. The molecule has 2 aromatic carbocycles. The number of fused-ring (bicyclic) bond motifs is 2. The molecular weight excluding hydrogens is 442 g/mol. The molecular formula is C25H34BN2Rh+2. The molecule has 2 aliphatic rings. The van der Waals surface area contributed by atoms with E-state index in [9.17, 15) is 0 Å². The topological polar surface area (TPSA) is 6.48 Å². The smallest absolute Gasteiger partial charge is 0.343 e. The molecule has 2 aliphatic carbocycles. The summed E-state index contributed by atoms with van der Waals surface area (Å²) in [4.78, 5) is 4.62. The first-order valence-corrected chi connectivity index (χ1v) is 10.5. The van der Waals surface area contributed by atoms with E-state index in [1.165, 1.54) is 17.3 Å². The van der Waals surface area contributed by atoms with Crippen LogP contribution in [0.3, 0.4) is 0 Å². The third-order valence-electron chi connectivity index (χ3n) is 5.98. The van der Waals surface area contributed by atoms with Crippen LogP contribution in [0.2, 0.25) is 0 Å². The van der Waals surface area contributed by atoms with Crippen molar-refractivity contribution in [2.24, 2.45) is 11.8 Å². The van der Waals surface area contributed by atoms with Crippen molar-refractivity contribution in [1.82, 2.24) is 9.80 Å². The molecule has 154 valence electrons. The average Bonchev–Trinajstić information content (AvgIpc) is 3.34. The van der Waals surface area contributed by atoms with Gasteiger partial charge in [-0.15, -0.1) is 12.9 Å². The van der Waals surface area contributed by atoms with Gasteiger partial charge in [0.2, 0.25) is 0 Å². The summed E-state index contributed by atoms with van der Waals surface area (Å²) in [5, 5.41) is 0. The van der Waals surface area contributed by atoms with Crippen molar-refractivity contribution in [3.8, 4) is 0 Å². The maximum Gasteiger partial charge on any atom is 3.00 e. The summed E-state index contributed by atoms with van der Waals surface area (Å²) < 4.78 is 0. The number of rotatable bonds is 6. The van der Waals surface area contributed by atoms with Gasteiger partial charge in [0.1, 0.15) is 0 Å². The quantitative estimate of drug-likeness (QED) is 0.467. The fourth-order valence-electron chi connectivity index (χ4n) is 4.89. The van der Waals surface area contributed by atoms with Crippen LogP contribution in [0.4, 0.5) is 0 Å². The SMILES string of the molecule is C1=CC2C=CC1C2.CN(C)C[B-](CN(C)C)(c1ccccc1)c1ccccc1.[Rh+3]. The Hall–Kier alpha value is -1.47. The van der Waals surface area contributed by atoms with Crippen LogP contribution in [-0.4, -0.2) is 57.0 Å². The van der Waals surface area contributed by atoms with Crippen LogP contribution in [0.5, 0.6) is 0 Å². The zero-order valence-electron chi connectivity index (χ0n) is 18.2. The number of hydrogen-bond acceptors (Lipinski definition) is 2. The van der Waals surface area contributed by atoms with Gasteiger partial charge in [-0.25, -0.2) is 10.9 Å². The summed E-state index contributed by atoms with van der Waals surface area (Å²) >= 11 is 0. The third-order valence-corrected chi connectivity index (χ3v) is 5.98. The molecule has 0 fully saturated rings. The van der Waals surface area contributed by atoms with Gasteiger partial charge in [-0.3, -0.25) is 0 Å². The third kappa shape index (κ3) is 6.25. The minimum atomic E-state index is -0.830. The minimum Gasteiger partial charge on any atom is -0.343 e. The first-order valence-electron chi connectivity index (χ1n) is 10.5. The zero-order chi connectivity index (χ0) is 20.0. The van der Waals surface area contributed by atoms with E-state index in [1.54, 1.807) is 0 Å². The monoisotopic (exact) mass is 476 g/mol. The summed E-state index contributed by atoms with van der Waals surface area (Å²) in [6, 6.07) is 21.9. The second-order valence-corrected chi connectivity index (χ2v) is 8.93. The maximum atomic E-state index is 2.31. The van der Waals surface area contributed by atoms with E-state index >= 15 is 0 Å². The molecule has 2 nitrogen and oxygen atoms in total. The molecule has 0 atom stereocenters. The Bertz CT molecular complexity index is 707. The van der Waals surface area contributed by atoms with Crippen LogP contribution < -0.4 is 10.9 Å². The van der Waals surface area contributed by atoms with Crippen LogP contribution in [0.1, 0.15) is 6.42 Å². The molecule has 0 saturated carbocycles. The predicted molar refractivity (Wildman–Crippen MR) is 125 cm³/mol. The molecule has 2 aromatic rings. The Morgan fingerprint density at radius 2 is 1.00 bits per heavy atom. The second kappa shape index (κ2) is 11.1. The van der Waals surface area contributed by atoms with Gasteiger partial charge in [-0.05, 0) is 46.4 Å². The van der Waals surface area contributed by atoms with E-state index in [-0.39, 0.29) is 19.5 Å². The van der Waals surface area contributed by atoms with E-state index in [2.05, 4.69) is 123 Å². The van der Waals surface area contributed by atoms with E-state index in [0.29, 0.717) is 0 Å². The van der Waals surface area contributed by atoms with Crippen LogP contribution in [0.15, 0.2) is 85.0 Å². The standard InChI is InChI=1S/C18H26BN2.C7H8.Rh/c1-20(2)15-19(16-21(3)4,17-11-7-5-8-12-17)18-13-9-6-10-14-18;1-2-7-4-3-6(1)5-7;/h5-14H,15-16H2,1-4H3;1-4,6-7H,5H2;/q-1;;+3.